The fraction of sp³-hybridized carbons (Fsp3) is 0.476. The molecule has 0 aromatic heterocycles. The van der Waals surface area contributed by atoms with Crippen LogP contribution in [0.15, 0.2) is 36.4 Å². The zero-order valence-corrected chi connectivity index (χ0v) is 19.0. The molecule has 0 bridgehead atoms. The Morgan fingerprint density at radius 2 is 1.75 bits per heavy atom. The highest BCUT2D eigenvalue weighted by Gasteiger charge is 2.15. The molecule has 158 valence electrons. The first-order chi connectivity index (χ1) is 12.3. The van der Waals surface area contributed by atoms with Crippen molar-refractivity contribution in [2.75, 3.05) is 33.8 Å². The Bertz CT molecular complexity index is 746. The van der Waals surface area contributed by atoms with E-state index in [9.17, 15) is 4.79 Å². The van der Waals surface area contributed by atoms with Crippen LogP contribution < -0.4 is 15.4 Å². The minimum absolute atomic E-state index is 0. The number of rotatable bonds is 8. The number of hydrogen-bond donors (Lipinski definition) is 2. The zero-order valence-electron chi connectivity index (χ0n) is 17.4. The predicted molar refractivity (Wildman–Crippen MR) is 122 cm³/mol. The lowest BCUT2D eigenvalue weighted by atomic mass is 10.0. The molecule has 1 amide bonds. The van der Waals surface area contributed by atoms with Gasteiger partial charge in [-0.2, -0.15) is 0 Å². The second kappa shape index (κ2) is 12.1. The van der Waals surface area contributed by atoms with E-state index in [4.69, 9.17) is 4.74 Å². The number of nitrogens with one attached hydrogen (secondary N) is 2. The highest BCUT2D eigenvalue weighted by molar-refractivity contribution is 5.88. The average Bonchev–Trinajstić information content (AvgIpc) is 2.55. The molecular formula is C21H33Cl2N3O2. The standard InChI is InChI=1S/C21H31N3O2.2ClH/c1-21(2,3)23-20(25)15-26-19-11-10-16-8-6-7-9-17(16)18(19)14-22-12-13-24(4)5;;/h6-11,22H,12-15H2,1-5H3,(H,23,25);2*1H. The average molecular weight is 430 g/mol. The van der Waals surface area contributed by atoms with Gasteiger partial charge in [0.15, 0.2) is 6.61 Å². The van der Waals surface area contributed by atoms with Crippen LogP contribution in [-0.2, 0) is 11.3 Å². The smallest absolute Gasteiger partial charge is 0.258 e. The summed E-state index contributed by atoms with van der Waals surface area (Å²) in [5.74, 6) is 0.641. The first-order valence-corrected chi connectivity index (χ1v) is 9.06. The molecule has 2 rings (SSSR count). The van der Waals surface area contributed by atoms with Crippen molar-refractivity contribution in [1.29, 1.82) is 0 Å². The van der Waals surface area contributed by atoms with Crippen LogP contribution >= 0.6 is 24.8 Å². The second-order valence-corrected chi connectivity index (χ2v) is 7.83. The maximum atomic E-state index is 12.1. The molecule has 0 fully saturated rings. The molecule has 0 radical (unpaired) electrons. The van der Waals surface area contributed by atoms with Crippen LogP contribution in [0, 0.1) is 0 Å². The summed E-state index contributed by atoms with van der Waals surface area (Å²) >= 11 is 0. The van der Waals surface area contributed by atoms with Gasteiger partial charge in [-0.25, -0.2) is 0 Å². The summed E-state index contributed by atoms with van der Waals surface area (Å²) in [6, 6.07) is 12.2. The molecule has 0 atom stereocenters. The molecule has 2 aromatic rings. The topological polar surface area (TPSA) is 53.6 Å². The summed E-state index contributed by atoms with van der Waals surface area (Å²) in [6.07, 6.45) is 0. The number of carbonyl (C=O) groups is 1. The van der Waals surface area contributed by atoms with Gasteiger partial charge in [-0.05, 0) is 51.7 Å². The van der Waals surface area contributed by atoms with Crippen molar-refractivity contribution in [3.63, 3.8) is 0 Å². The van der Waals surface area contributed by atoms with Gasteiger partial charge in [0.1, 0.15) is 5.75 Å². The van der Waals surface area contributed by atoms with Crippen LogP contribution in [-0.4, -0.2) is 50.1 Å². The Labute approximate surface area is 181 Å². The van der Waals surface area contributed by atoms with Crippen LogP contribution in [0.5, 0.6) is 5.75 Å². The van der Waals surface area contributed by atoms with Crippen LogP contribution in [0.1, 0.15) is 26.3 Å². The summed E-state index contributed by atoms with van der Waals surface area (Å²) in [4.78, 5) is 14.2. The number of hydrogen-bond acceptors (Lipinski definition) is 4. The van der Waals surface area contributed by atoms with Crippen molar-refractivity contribution in [2.45, 2.75) is 32.9 Å². The highest BCUT2D eigenvalue weighted by Crippen LogP contribution is 2.28. The molecular weight excluding hydrogens is 397 g/mol. The Hall–Kier alpha value is -1.53. The third-order valence-corrected chi connectivity index (χ3v) is 3.91. The molecule has 0 aliphatic carbocycles. The molecule has 0 saturated heterocycles. The fourth-order valence-electron chi connectivity index (χ4n) is 2.75. The molecule has 5 nitrogen and oxygen atoms in total. The molecule has 0 heterocycles. The number of fused-ring (bicyclic) bond motifs is 1. The summed E-state index contributed by atoms with van der Waals surface area (Å²) in [6.45, 7) is 8.45. The molecule has 28 heavy (non-hydrogen) atoms. The van der Waals surface area contributed by atoms with Crippen molar-refractivity contribution < 1.29 is 9.53 Å². The minimum Gasteiger partial charge on any atom is -0.483 e. The number of halogens is 2. The minimum atomic E-state index is -0.263. The van der Waals surface area contributed by atoms with E-state index < -0.39 is 0 Å². The van der Waals surface area contributed by atoms with Crippen LogP contribution in [0.3, 0.4) is 0 Å². The molecule has 2 N–H and O–H groups in total. The third kappa shape index (κ3) is 8.65. The number of amides is 1. The van der Waals surface area contributed by atoms with Crippen molar-refractivity contribution in [2.24, 2.45) is 0 Å². The Morgan fingerprint density at radius 3 is 2.39 bits per heavy atom. The van der Waals surface area contributed by atoms with Gasteiger partial charge in [0, 0.05) is 30.7 Å². The van der Waals surface area contributed by atoms with Gasteiger partial charge in [-0.15, -0.1) is 24.8 Å². The largest absolute Gasteiger partial charge is 0.483 e. The van der Waals surface area contributed by atoms with Gasteiger partial charge in [0.05, 0.1) is 0 Å². The molecule has 0 saturated carbocycles. The number of likely N-dealkylation sites (N-methyl/N-ethyl adjacent to an activating group) is 1. The Morgan fingerprint density at radius 1 is 1.07 bits per heavy atom. The van der Waals surface area contributed by atoms with E-state index in [0.29, 0.717) is 6.54 Å². The van der Waals surface area contributed by atoms with E-state index in [1.165, 1.54) is 5.39 Å². The van der Waals surface area contributed by atoms with Crippen LogP contribution in [0.25, 0.3) is 10.8 Å². The number of ether oxygens (including phenoxy) is 1. The van der Waals surface area contributed by atoms with E-state index in [0.717, 1.165) is 29.8 Å². The second-order valence-electron chi connectivity index (χ2n) is 7.83. The summed E-state index contributed by atoms with van der Waals surface area (Å²) < 4.78 is 5.87. The Balaban J connectivity index is 0.00000364. The van der Waals surface area contributed by atoms with Gasteiger partial charge in [0.2, 0.25) is 0 Å². The van der Waals surface area contributed by atoms with Crippen molar-refractivity contribution in [1.82, 2.24) is 15.5 Å². The first-order valence-electron chi connectivity index (χ1n) is 9.06. The lowest BCUT2D eigenvalue weighted by Gasteiger charge is -2.21. The zero-order chi connectivity index (χ0) is 19.2. The van der Waals surface area contributed by atoms with E-state index in [-0.39, 0.29) is 42.9 Å². The summed E-state index contributed by atoms with van der Waals surface area (Å²) in [7, 11) is 4.12. The third-order valence-electron chi connectivity index (χ3n) is 3.91. The molecule has 0 aliphatic rings. The summed E-state index contributed by atoms with van der Waals surface area (Å²) in [5, 5.41) is 8.72. The number of nitrogens with zero attached hydrogens (tertiary/aromatic N) is 1. The maximum Gasteiger partial charge on any atom is 0.258 e. The normalized spacial score (nSPS) is 10.9. The van der Waals surface area contributed by atoms with E-state index in [1.54, 1.807) is 0 Å². The molecule has 0 aliphatic heterocycles. The first kappa shape index (κ1) is 26.5. The monoisotopic (exact) mass is 429 g/mol. The fourth-order valence-corrected chi connectivity index (χ4v) is 2.75. The number of carbonyl (C=O) groups excluding carboxylic acids is 1. The molecule has 7 heteroatoms. The van der Waals surface area contributed by atoms with E-state index in [2.05, 4.69) is 41.8 Å². The quantitative estimate of drug-likeness (QED) is 0.628. The van der Waals surface area contributed by atoms with Crippen LogP contribution in [0.4, 0.5) is 0 Å². The van der Waals surface area contributed by atoms with Crippen molar-refractivity contribution in [3.8, 4) is 5.75 Å². The van der Waals surface area contributed by atoms with Gasteiger partial charge < -0.3 is 20.3 Å². The molecule has 2 aromatic carbocycles. The highest BCUT2D eigenvalue weighted by atomic mass is 35.5. The van der Waals surface area contributed by atoms with Gasteiger partial charge in [0.25, 0.3) is 5.91 Å². The van der Waals surface area contributed by atoms with E-state index in [1.807, 2.05) is 45.0 Å². The van der Waals surface area contributed by atoms with Crippen molar-refractivity contribution in [3.05, 3.63) is 42.0 Å². The lowest BCUT2D eigenvalue weighted by Crippen LogP contribution is -2.43. The Kier molecular flexibility index (Phi) is 11.5. The van der Waals surface area contributed by atoms with Crippen molar-refractivity contribution >= 4 is 41.5 Å². The van der Waals surface area contributed by atoms with Gasteiger partial charge in [-0.1, -0.05) is 30.3 Å². The van der Waals surface area contributed by atoms with Gasteiger partial charge >= 0.3 is 0 Å². The number of benzene rings is 2. The molecule has 0 unspecified atom stereocenters. The molecule has 0 spiro atoms. The maximum absolute atomic E-state index is 12.1. The predicted octanol–water partition coefficient (Wildman–Crippen LogP) is 3.63. The van der Waals surface area contributed by atoms with Crippen LogP contribution in [0.2, 0.25) is 0 Å². The summed E-state index contributed by atoms with van der Waals surface area (Å²) in [5.41, 5.74) is 0.825. The van der Waals surface area contributed by atoms with E-state index >= 15 is 0 Å². The SMILES string of the molecule is CN(C)CCNCc1c(OCC(=O)NC(C)(C)C)ccc2ccccc12.Cl.Cl. The lowest BCUT2D eigenvalue weighted by molar-refractivity contribution is -0.124. The van der Waals surface area contributed by atoms with Gasteiger partial charge in [-0.3, -0.25) is 4.79 Å².